The van der Waals surface area contributed by atoms with Crippen molar-refractivity contribution in [3.05, 3.63) is 102 Å². The van der Waals surface area contributed by atoms with Crippen LogP contribution < -0.4 is 0 Å². The molecular formula is C31H17N3S2. The van der Waals surface area contributed by atoms with Gasteiger partial charge in [-0.15, -0.1) is 22.7 Å². The summed E-state index contributed by atoms with van der Waals surface area (Å²) in [4.78, 5) is 14.2. The van der Waals surface area contributed by atoms with Gasteiger partial charge in [-0.3, -0.25) is 4.98 Å². The van der Waals surface area contributed by atoms with Gasteiger partial charge in [0.05, 0.1) is 11.9 Å². The molecule has 3 nitrogen and oxygen atoms in total. The summed E-state index contributed by atoms with van der Waals surface area (Å²) < 4.78 is 2.63. The van der Waals surface area contributed by atoms with E-state index in [2.05, 4.69) is 88.5 Å². The molecule has 0 fully saturated rings. The molecule has 5 heteroatoms. The average Bonchev–Trinajstić information content (AvgIpc) is 3.65. The largest absolute Gasteiger partial charge is 0.254 e. The van der Waals surface area contributed by atoms with Crippen molar-refractivity contribution in [1.29, 1.82) is 0 Å². The highest BCUT2D eigenvalue weighted by Crippen LogP contribution is 2.37. The Hall–Kier alpha value is -4.19. The van der Waals surface area contributed by atoms with Crippen LogP contribution in [0.2, 0.25) is 0 Å². The number of rotatable bonds is 2. The number of thiophene rings is 2. The maximum atomic E-state index is 4.81. The molecule has 0 atom stereocenters. The molecule has 36 heavy (non-hydrogen) atoms. The maximum absolute atomic E-state index is 4.81. The summed E-state index contributed by atoms with van der Waals surface area (Å²) in [5, 5.41) is 11.9. The number of hydrogen-bond acceptors (Lipinski definition) is 5. The first-order chi connectivity index (χ1) is 17.8. The van der Waals surface area contributed by atoms with Crippen molar-refractivity contribution < 1.29 is 0 Å². The second-order valence-corrected chi connectivity index (χ2v) is 10.9. The molecule has 2 aliphatic heterocycles. The van der Waals surface area contributed by atoms with Crippen molar-refractivity contribution in [3.8, 4) is 33.8 Å². The Morgan fingerprint density at radius 1 is 0.472 bits per heavy atom. The molecular weight excluding hydrogens is 478 g/mol. The van der Waals surface area contributed by atoms with Crippen LogP contribution in [-0.4, -0.2) is 15.0 Å². The van der Waals surface area contributed by atoms with Gasteiger partial charge in [0.25, 0.3) is 0 Å². The molecule has 4 aromatic carbocycles. The third-order valence-corrected chi connectivity index (χ3v) is 8.76. The fourth-order valence-corrected chi connectivity index (χ4v) is 6.79. The molecule has 0 radical (unpaired) electrons. The molecule has 6 aromatic rings. The fraction of sp³-hybridized carbons (Fsp3) is 0. The number of benzene rings is 4. The Morgan fingerprint density at radius 2 is 1.08 bits per heavy atom. The monoisotopic (exact) mass is 495 g/mol. The topological polar surface area (TPSA) is 38.7 Å². The van der Waals surface area contributed by atoms with Crippen molar-refractivity contribution in [2.75, 3.05) is 0 Å². The molecule has 0 N–H and O–H groups in total. The normalized spacial score (nSPS) is 11.9. The van der Waals surface area contributed by atoms with Gasteiger partial charge in [0.15, 0.2) is 5.82 Å². The number of aromatic nitrogens is 3. The van der Waals surface area contributed by atoms with Crippen molar-refractivity contribution in [2.24, 2.45) is 0 Å². The van der Waals surface area contributed by atoms with Crippen LogP contribution in [0.5, 0.6) is 0 Å². The van der Waals surface area contributed by atoms with Crippen molar-refractivity contribution in [2.45, 2.75) is 0 Å². The van der Waals surface area contributed by atoms with Gasteiger partial charge in [-0.2, -0.15) is 0 Å². The zero-order valence-electron chi connectivity index (χ0n) is 19.0. The average molecular weight is 496 g/mol. The van der Waals surface area contributed by atoms with Crippen LogP contribution in [0.1, 0.15) is 0 Å². The lowest BCUT2D eigenvalue weighted by atomic mass is 9.99. The lowest BCUT2D eigenvalue weighted by Gasteiger charge is -2.05. The first-order valence-corrected chi connectivity index (χ1v) is 13.5. The summed E-state index contributed by atoms with van der Waals surface area (Å²) in [5.41, 5.74) is 5.07. The van der Waals surface area contributed by atoms with E-state index in [1.54, 1.807) is 22.7 Å². The maximum Gasteiger partial charge on any atom is 0.159 e. The van der Waals surface area contributed by atoms with E-state index >= 15 is 0 Å². The van der Waals surface area contributed by atoms with Crippen LogP contribution in [0.15, 0.2) is 102 Å². The van der Waals surface area contributed by atoms with E-state index in [0.717, 1.165) is 27.9 Å². The number of fused-ring (bicyclic) bond motifs is 7. The highest BCUT2D eigenvalue weighted by molar-refractivity contribution is 7.17. The first-order valence-electron chi connectivity index (χ1n) is 11.7. The molecule has 0 spiro atoms. The van der Waals surface area contributed by atoms with E-state index < -0.39 is 0 Å². The van der Waals surface area contributed by atoms with Gasteiger partial charge in [0.1, 0.15) is 0 Å². The minimum absolute atomic E-state index is 0.699. The Labute approximate surface area is 214 Å². The van der Waals surface area contributed by atoms with Gasteiger partial charge in [-0.05, 0) is 74.3 Å². The predicted octanol–water partition coefficient (Wildman–Crippen LogP) is 9.05. The fourth-order valence-electron chi connectivity index (χ4n) is 5.18. The second-order valence-electron chi connectivity index (χ2n) is 8.98. The van der Waals surface area contributed by atoms with Gasteiger partial charge in [-0.25, -0.2) is 9.97 Å². The van der Waals surface area contributed by atoms with E-state index in [9.17, 15) is 0 Å². The van der Waals surface area contributed by atoms with Gasteiger partial charge >= 0.3 is 0 Å². The van der Waals surface area contributed by atoms with Gasteiger partial charge in [0, 0.05) is 49.3 Å². The van der Waals surface area contributed by atoms with E-state index in [-0.39, 0.29) is 0 Å². The lowest BCUT2D eigenvalue weighted by Crippen LogP contribution is -1.84. The standard InChI is InChI=1S/C31H17N3S2/c1-5-22-18(3-7-29-24(22)9-11-35-29)13-20(1)26-15-32-28-17-34-31(33-16-27(26)28)21-2-6-23-19(14-21)4-8-30-25(23)10-12-36-30/h1-17H. The van der Waals surface area contributed by atoms with Gasteiger partial charge < -0.3 is 0 Å². The summed E-state index contributed by atoms with van der Waals surface area (Å²) in [6.07, 6.45) is 5.68. The highest BCUT2D eigenvalue weighted by Gasteiger charge is 2.15. The molecule has 0 unspecified atom stereocenters. The summed E-state index contributed by atoms with van der Waals surface area (Å²) in [6.45, 7) is 0. The summed E-state index contributed by atoms with van der Waals surface area (Å²) >= 11 is 3.55. The lowest BCUT2D eigenvalue weighted by molar-refractivity contribution is 1.23. The summed E-state index contributed by atoms with van der Waals surface area (Å²) in [5.74, 6) is 0.699. The van der Waals surface area contributed by atoms with Gasteiger partial charge in [-0.1, -0.05) is 36.4 Å². The zero-order valence-corrected chi connectivity index (χ0v) is 20.6. The minimum Gasteiger partial charge on any atom is -0.254 e. The van der Waals surface area contributed by atoms with E-state index in [1.807, 2.05) is 18.6 Å². The van der Waals surface area contributed by atoms with Crippen LogP contribution in [-0.2, 0) is 0 Å². The van der Waals surface area contributed by atoms with E-state index in [1.165, 1.54) is 41.7 Å². The van der Waals surface area contributed by atoms with Crippen molar-refractivity contribution >= 4 is 64.4 Å². The van der Waals surface area contributed by atoms with E-state index in [4.69, 9.17) is 9.97 Å². The summed E-state index contributed by atoms with van der Waals surface area (Å²) in [7, 11) is 0. The first kappa shape index (κ1) is 20.0. The molecule has 168 valence electrons. The minimum atomic E-state index is 0.699. The molecule has 0 saturated carbocycles. The van der Waals surface area contributed by atoms with Crippen LogP contribution in [0.25, 0.3) is 75.5 Å². The third kappa shape index (κ3) is 3.00. The van der Waals surface area contributed by atoms with Crippen LogP contribution in [0.4, 0.5) is 0 Å². The number of hydrogen-bond donors (Lipinski definition) is 0. The summed E-state index contributed by atoms with van der Waals surface area (Å²) in [6, 6.07) is 26.3. The molecule has 0 amide bonds. The highest BCUT2D eigenvalue weighted by atomic mass is 32.1. The molecule has 2 aromatic heterocycles. The van der Waals surface area contributed by atoms with Crippen LogP contribution in [0, 0.1) is 0 Å². The zero-order chi connectivity index (χ0) is 23.6. The SMILES string of the molecule is c1cc2c(ccc3cc(-c4ncc5ncc(-c6ccc7c(ccc8sccc87)c6)c-5cn4)ccc32)s1. The third-order valence-electron chi connectivity index (χ3n) is 7.00. The molecule has 8 rings (SSSR count). The smallest absolute Gasteiger partial charge is 0.159 e. The van der Waals surface area contributed by atoms with Crippen LogP contribution in [0.3, 0.4) is 0 Å². The Balaban J connectivity index is 1.23. The number of nitrogens with zero attached hydrogens (tertiary/aromatic N) is 3. The molecule has 0 aliphatic carbocycles. The molecule has 4 heterocycles. The second kappa shape index (κ2) is 7.65. The quantitative estimate of drug-likeness (QED) is 0.240. The molecule has 0 saturated heterocycles. The van der Waals surface area contributed by atoms with Gasteiger partial charge in [0.2, 0.25) is 0 Å². The van der Waals surface area contributed by atoms with Crippen molar-refractivity contribution in [3.63, 3.8) is 0 Å². The Morgan fingerprint density at radius 3 is 1.81 bits per heavy atom. The Bertz CT molecular complexity index is 2070. The van der Waals surface area contributed by atoms with Crippen molar-refractivity contribution in [1.82, 2.24) is 15.0 Å². The van der Waals surface area contributed by atoms with Crippen LogP contribution >= 0.6 is 22.7 Å². The predicted molar refractivity (Wildman–Crippen MR) is 153 cm³/mol. The molecule has 0 bridgehead atoms. The van der Waals surface area contributed by atoms with E-state index in [0.29, 0.717) is 5.82 Å². The Kier molecular flexibility index (Phi) is 4.26. The molecule has 2 aliphatic rings.